The highest BCUT2D eigenvalue weighted by Crippen LogP contribution is 2.70. The molecule has 0 aromatic heterocycles. The van der Waals surface area contributed by atoms with Gasteiger partial charge in [0.05, 0.1) is 12.5 Å². The summed E-state index contributed by atoms with van der Waals surface area (Å²) in [7, 11) is 1.70. The molecule has 2 saturated heterocycles. The minimum atomic E-state index is -0.531. The third-order valence-corrected chi connectivity index (χ3v) is 7.39. The zero-order chi connectivity index (χ0) is 15.4. The number of piperidine rings is 1. The van der Waals surface area contributed by atoms with Crippen LogP contribution in [0.4, 0.5) is 0 Å². The molecule has 120 valence electrons. The lowest BCUT2D eigenvalue weighted by Crippen LogP contribution is -2.67. The van der Waals surface area contributed by atoms with Crippen molar-refractivity contribution in [3.8, 4) is 11.5 Å². The zero-order valence-electron chi connectivity index (χ0n) is 13.3. The monoisotopic (exact) mass is 311 g/mol. The highest BCUT2D eigenvalue weighted by atomic mass is 16.5. The second-order valence-electron chi connectivity index (χ2n) is 7.79. The molecule has 6 atom stereocenters. The molecule has 5 aliphatic rings. The molecule has 4 bridgehead atoms. The minimum absolute atomic E-state index is 0.0731. The van der Waals surface area contributed by atoms with Gasteiger partial charge < -0.3 is 14.6 Å². The maximum atomic E-state index is 10.7. The molecule has 6 rings (SSSR count). The minimum Gasteiger partial charge on any atom is -0.493 e. The first-order valence-electron chi connectivity index (χ1n) is 8.70. The fourth-order valence-electron chi connectivity index (χ4n) is 6.59. The van der Waals surface area contributed by atoms with Gasteiger partial charge in [0.2, 0.25) is 0 Å². The highest BCUT2D eigenvalue weighted by Gasteiger charge is 2.73. The van der Waals surface area contributed by atoms with Crippen molar-refractivity contribution in [3.63, 3.8) is 0 Å². The van der Waals surface area contributed by atoms with E-state index in [1.807, 2.05) is 12.1 Å². The molecular formula is C19H21NO3. The average molecular weight is 311 g/mol. The highest BCUT2D eigenvalue weighted by molar-refractivity contribution is 5.64. The molecule has 1 N–H and O–H groups in total. The average Bonchev–Trinajstić information content (AvgIpc) is 3.02. The van der Waals surface area contributed by atoms with Gasteiger partial charge in [0.15, 0.2) is 11.5 Å². The number of hydrogen-bond acceptors (Lipinski definition) is 4. The quantitative estimate of drug-likeness (QED) is 0.801. The van der Waals surface area contributed by atoms with E-state index in [2.05, 4.69) is 17.0 Å². The van der Waals surface area contributed by atoms with Gasteiger partial charge in [-0.05, 0) is 44.0 Å². The third kappa shape index (κ3) is 1.14. The van der Waals surface area contributed by atoms with Crippen LogP contribution in [-0.2, 0) is 11.8 Å². The number of ether oxygens (including phenoxy) is 2. The summed E-state index contributed by atoms with van der Waals surface area (Å²) in [4.78, 5) is 2.66. The predicted octanol–water partition coefficient (Wildman–Crippen LogP) is 1.65. The molecule has 1 aromatic rings. The third-order valence-electron chi connectivity index (χ3n) is 7.39. The Morgan fingerprint density at radius 1 is 1.30 bits per heavy atom. The molecule has 2 spiro atoms. The Bertz CT molecular complexity index is 759. The number of benzene rings is 1. The van der Waals surface area contributed by atoms with E-state index in [1.54, 1.807) is 7.11 Å². The number of rotatable bonds is 1. The largest absolute Gasteiger partial charge is 0.493 e. The predicted molar refractivity (Wildman–Crippen MR) is 85.0 cm³/mol. The summed E-state index contributed by atoms with van der Waals surface area (Å²) in [6, 6.07) is 4.81. The Morgan fingerprint density at radius 3 is 3.04 bits per heavy atom. The molecule has 0 saturated carbocycles. The van der Waals surface area contributed by atoms with Crippen molar-refractivity contribution in [1.29, 1.82) is 0 Å². The molecule has 1 unspecified atom stereocenters. The van der Waals surface area contributed by atoms with Crippen LogP contribution in [0.5, 0.6) is 11.5 Å². The summed E-state index contributed by atoms with van der Waals surface area (Å²) in [6.07, 6.45) is 6.98. The van der Waals surface area contributed by atoms with Gasteiger partial charge in [-0.25, -0.2) is 0 Å². The van der Waals surface area contributed by atoms with Gasteiger partial charge in [-0.15, -0.1) is 0 Å². The second kappa shape index (κ2) is 3.76. The van der Waals surface area contributed by atoms with Gasteiger partial charge in [0, 0.05) is 17.0 Å². The Balaban J connectivity index is 1.73. The van der Waals surface area contributed by atoms with Crippen LogP contribution in [0, 0.1) is 5.41 Å². The van der Waals surface area contributed by atoms with Gasteiger partial charge in [-0.3, -0.25) is 4.90 Å². The van der Waals surface area contributed by atoms with Crippen LogP contribution in [0.1, 0.15) is 24.0 Å². The molecule has 2 aliphatic carbocycles. The van der Waals surface area contributed by atoms with E-state index in [0.29, 0.717) is 6.04 Å². The van der Waals surface area contributed by atoms with Crippen molar-refractivity contribution in [2.24, 2.45) is 5.41 Å². The lowest BCUT2D eigenvalue weighted by Gasteiger charge is -2.60. The zero-order valence-corrected chi connectivity index (χ0v) is 13.3. The maximum absolute atomic E-state index is 10.7. The van der Waals surface area contributed by atoms with Crippen molar-refractivity contribution in [2.75, 3.05) is 20.2 Å². The van der Waals surface area contributed by atoms with Crippen LogP contribution < -0.4 is 9.47 Å². The van der Waals surface area contributed by atoms with Gasteiger partial charge in [-0.1, -0.05) is 18.2 Å². The Labute approximate surface area is 135 Å². The molecule has 23 heavy (non-hydrogen) atoms. The smallest absolute Gasteiger partial charge is 0.165 e. The van der Waals surface area contributed by atoms with Gasteiger partial charge >= 0.3 is 0 Å². The number of hydrogen-bond donors (Lipinski definition) is 1. The van der Waals surface area contributed by atoms with E-state index in [-0.39, 0.29) is 16.9 Å². The van der Waals surface area contributed by atoms with Crippen LogP contribution in [0.15, 0.2) is 24.3 Å². The van der Waals surface area contributed by atoms with Gasteiger partial charge in [-0.2, -0.15) is 0 Å². The summed E-state index contributed by atoms with van der Waals surface area (Å²) in [5.41, 5.74) is 2.80. The molecule has 0 radical (unpaired) electrons. The normalized spacial score (nSPS) is 47.2. The summed E-state index contributed by atoms with van der Waals surface area (Å²) in [5, 5.41) is 10.7. The summed E-state index contributed by atoms with van der Waals surface area (Å²) >= 11 is 0. The molecule has 3 heterocycles. The Morgan fingerprint density at radius 2 is 2.17 bits per heavy atom. The fourth-order valence-corrected chi connectivity index (χ4v) is 6.59. The first kappa shape index (κ1) is 12.8. The number of nitrogens with zero attached hydrogens (tertiary/aromatic N) is 1. The second-order valence-corrected chi connectivity index (χ2v) is 7.79. The van der Waals surface area contributed by atoms with Crippen molar-refractivity contribution in [2.45, 2.75) is 42.9 Å². The lowest BCUT2D eigenvalue weighted by molar-refractivity contribution is -0.0697. The standard InChI is InChI=1S/C19H21NO3/c1-22-13-3-2-11-10-14-18-5-4-12(21)17-19(18,15(11)16(13)23-17)7-9-20(14)8-6-18/h2-5,12,14,17,21H,6-10H2,1H3/t12-,14-,17+,18-,19+/m1/s1. The Kier molecular flexibility index (Phi) is 2.10. The fraction of sp³-hybridized carbons (Fsp3) is 0.579. The molecule has 1 aromatic carbocycles. The van der Waals surface area contributed by atoms with E-state index < -0.39 is 6.10 Å². The van der Waals surface area contributed by atoms with Gasteiger partial charge in [0.25, 0.3) is 0 Å². The van der Waals surface area contributed by atoms with Crippen molar-refractivity contribution < 1.29 is 14.6 Å². The molecule has 3 aliphatic heterocycles. The maximum Gasteiger partial charge on any atom is 0.165 e. The van der Waals surface area contributed by atoms with E-state index in [4.69, 9.17) is 9.47 Å². The van der Waals surface area contributed by atoms with E-state index >= 15 is 0 Å². The molecule has 2 fully saturated rings. The Hall–Kier alpha value is -1.52. The van der Waals surface area contributed by atoms with Crippen LogP contribution in [0.3, 0.4) is 0 Å². The molecule has 4 heteroatoms. The van der Waals surface area contributed by atoms with Gasteiger partial charge in [0.1, 0.15) is 12.2 Å². The van der Waals surface area contributed by atoms with Crippen LogP contribution in [0.25, 0.3) is 0 Å². The van der Waals surface area contributed by atoms with E-state index in [9.17, 15) is 5.11 Å². The van der Waals surface area contributed by atoms with Crippen LogP contribution >= 0.6 is 0 Å². The van der Waals surface area contributed by atoms with Crippen LogP contribution in [-0.4, -0.2) is 48.5 Å². The molecule has 0 amide bonds. The van der Waals surface area contributed by atoms with Crippen LogP contribution in [0.2, 0.25) is 0 Å². The summed E-state index contributed by atoms with van der Waals surface area (Å²) < 4.78 is 12.0. The van der Waals surface area contributed by atoms with Crippen molar-refractivity contribution >= 4 is 0 Å². The first-order chi connectivity index (χ1) is 11.2. The topological polar surface area (TPSA) is 41.9 Å². The number of aliphatic hydroxyl groups is 1. The number of aliphatic hydroxyl groups excluding tert-OH is 1. The summed E-state index contributed by atoms with van der Waals surface area (Å²) in [6.45, 7) is 2.28. The first-order valence-corrected chi connectivity index (χ1v) is 8.70. The van der Waals surface area contributed by atoms with E-state index in [0.717, 1.165) is 30.9 Å². The van der Waals surface area contributed by atoms with Crippen molar-refractivity contribution in [1.82, 2.24) is 4.90 Å². The summed E-state index contributed by atoms with van der Waals surface area (Å²) in [5.74, 6) is 1.71. The molecular weight excluding hydrogens is 290 g/mol. The van der Waals surface area contributed by atoms with E-state index in [1.165, 1.54) is 24.1 Å². The lowest BCUT2D eigenvalue weighted by atomic mass is 9.46. The SMILES string of the molecule is COc1ccc2c3c1O[C@H]1[C@H](O)C=C[C@]45CCN(CC[C@]314)[C@@H]5C2. The number of methoxy groups -OCH3 is 1. The molecule has 4 nitrogen and oxygen atoms in total. The van der Waals surface area contributed by atoms with Crippen molar-refractivity contribution in [3.05, 3.63) is 35.4 Å².